The molecule has 0 fully saturated rings. The lowest BCUT2D eigenvalue weighted by Crippen LogP contribution is -2.24. The van der Waals surface area contributed by atoms with Gasteiger partial charge in [0.2, 0.25) is 0 Å². The number of ether oxygens (including phenoxy) is 1. The Hall–Kier alpha value is -1.78. The number of rotatable bonds is 10. The van der Waals surface area contributed by atoms with E-state index in [1.165, 1.54) is 11.8 Å². The zero-order valence-electron chi connectivity index (χ0n) is 16.0. The molecule has 0 bridgehead atoms. The van der Waals surface area contributed by atoms with E-state index in [0.29, 0.717) is 41.6 Å². The molecule has 28 heavy (non-hydrogen) atoms. The molecular weight excluding hydrogens is 444 g/mol. The summed E-state index contributed by atoms with van der Waals surface area (Å²) in [5.74, 6) is 1.32. The SMILES string of the molecule is CCCn1nnnc1CSc1nc2ccc(Br)cc2c(=O)n1CCCOCC. The Labute approximate surface area is 175 Å². The quantitative estimate of drug-likeness (QED) is 0.257. The summed E-state index contributed by atoms with van der Waals surface area (Å²) in [4.78, 5) is 17.8. The average Bonchev–Trinajstić information content (AvgIpc) is 3.13. The Morgan fingerprint density at radius 1 is 1.25 bits per heavy atom. The average molecular weight is 467 g/mol. The monoisotopic (exact) mass is 466 g/mol. The van der Waals surface area contributed by atoms with Crippen LogP contribution in [0.3, 0.4) is 0 Å². The lowest BCUT2D eigenvalue weighted by Gasteiger charge is -2.13. The van der Waals surface area contributed by atoms with Gasteiger partial charge < -0.3 is 4.74 Å². The van der Waals surface area contributed by atoms with Crippen molar-refractivity contribution in [2.24, 2.45) is 0 Å². The van der Waals surface area contributed by atoms with Gasteiger partial charge in [-0.25, -0.2) is 9.67 Å². The smallest absolute Gasteiger partial charge is 0.262 e. The van der Waals surface area contributed by atoms with E-state index >= 15 is 0 Å². The van der Waals surface area contributed by atoms with Crippen molar-refractivity contribution in [3.8, 4) is 0 Å². The molecule has 0 saturated heterocycles. The second-order valence-electron chi connectivity index (χ2n) is 6.17. The van der Waals surface area contributed by atoms with E-state index in [2.05, 4.69) is 38.4 Å². The predicted octanol–water partition coefficient (Wildman–Crippen LogP) is 3.27. The fourth-order valence-corrected chi connectivity index (χ4v) is 4.11. The number of aromatic nitrogens is 6. The van der Waals surface area contributed by atoms with Gasteiger partial charge in [0.1, 0.15) is 0 Å². The summed E-state index contributed by atoms with van der Waals surface area (Å²) >= 11 is 4.91. The first kappa shape index (κ1) is 20.9. The minimum Gasteiger partial charge on any atom is -0.382 e. The van der Waals surface area contributed by atoms with E-state index in [0.717, 1.165) is 29.7 Å². The third-order valence-electron chi connectivity index (χ3n) is 4.13. The summed E-state index contributed by atoms with van der Waals surface area (Å²) in [6, 6.07) is 5.57. The standard InChI is InChI=1S/C18H23BrN6O2S/c1-3-8-25-16(21-22-23-25)12-28-18-20-15-7-6-13(19)11-14(15)17(26)24(18)9-5-10-27-4-2/h6-7,11H,3-5,8-10,12H2,1-2H3. The highest BCUT2D eigenvalue weighted by Crippen LogP contribution is 2.23. The Kier molecular flexibility index (Phi) is 7.57. The Balaban J connectivity index is 1.90. The van der Waals surface area contributed by atoms with Gasteiger partial charge in [0.25, 0.3) is 5.56 Å². The molecule has 2 heterocycles. The second-order valence-corrected chi connectivity index (χ2v) is 8.03. The van der Waals surface area contributed by atoms with E-state index in [4.69, 9.17) is 9.72 Å². The van der Waals surface area contributed by atoms with Gasteiger partial charge in [-0.05, 0) is 48.4 Å². The summed E-state index contributed by atoms with van der Waals surface area (Å²) in [7, 11) is 0. The molecule has 0 atom stereocenters. The first-order valence-corrected chi connectivity index (χ1v) is 11.1. The molecule has 0 unspecified atom stereocenters. The van der Waals surface area contributed by atoms with Gasteiger partial charge in [0.05, 0.1) is 16.7 Å². The molecule has 0 amide bonds. The molecule has 0 aliphatic heterocycles. The number of nitrogens with zero attached hydrogens (tertiary/aromatic N) is 6. The van der Waals surface area contributed by atoms with Crippen LogP contribution in [-0.4, -0.2) is 43.0 Å². The molecule has 0 aliphatic rings. The van der Waals surface area contributed by atoms with Crippen molar-refractivity contribution in [3.63, 3.8) is 0 Å². The molecule has 0 N–H and O–H groups in total. The lowest BCUT2D eigenvalue weighted by atomic mass is 10.2. The fraction of sp³-hybridized carbons (Fsp3) is 0.500. The van der Waals surface area contributed by atoms with Crippen molar-refractivity contribution >= 4 is 38.6 Å². The van der Waals surface area contributed by atoms with Gasteiger partial charge >= 0.3 is 0 Å². The minimum atomic E-state index is -0.0431. The normalized spacial score (nSPS) is 11.4. The van der Waals surface area contributed by atoms with Crippen molar-refractivity contribution in [1.29, 1.82) is 0 Å². The summed E-state index contributed by atoms with van der Waals surface area (Å²) in [5.41, 5.74) is 0.642. The summed E-state index contributed by atoms with van der Waals surface area (Å²) in [5, 5.41) is 13.2. The molecule has 0 saturated carbocycles. The van der Waals surface area contributed by atoms with Gasteiger partial charge in [-0.2, -0.15) is 0 Å². The van der Waals surface area contributed by atoms with Gasteiger partial charge in [0, 0.05) is 30.8 Å². The van der Waals surface area contributed by atoms with Crippen LogP contribution in [0.15, 0.2) is 32.6 Å². The molecular formula is C18H23BrN6O2S. The lowest BCUT2D eigenvalue weighted by molar-refractivity contribution is 0.140. The molecule has 0 aliphatic carbocycles. The number of fused-ring (bicyclic) bond motifs is 1. The highest BCUT2D eigenvalue weighted by atomic mass is 79.9. The summed E-state index contributed by atoms with van der Waals surface area (Å²) in [6.07, 6.45) is 1.70. The molecule has 10 heteroatoms. The molecule has 3 rings (SSSR count). The van der Waals surface area contributed by atoms with Crippen LogP contribution in [0.25, 0.3) is 10.9 Å². The van der Waals surface area contributed by atoms with Crippen molar-refractivity contribution in [2.75, 3.05) is 13.2 Å². The highest BCUT2D eigenvalue weighted by molar-refractivity contribution is 9.10. The molecule has 0 spiro atoms. The highest BCUT2D eigenvalue weighted by Gasteiger charge is 2.14. The molecule has 1 aromatic carbocycles. The van der Waals surface area contributed by atoms with Gasteiger partial charge in [-0.15, -0.1) is 5.10 Å². The number of hydrogen-bond acceptors (Lipinski definition) is 7. The van der Waals surface area contributed by atoms with Gasteiger partial charge in [-0.1, -0.05) is 34.6 Å². The zero-order valence-corrected chi connectivity index (χ0v) is 18.4. The van der Waals surface area contributed by atoms with Crippen LogP contribution in [0.4, 0.5) is 0 Å². The Bertz CT molecular complexity index is 990. The molecule has 150 valence electrons. The van der Waals surface area contributed by atoms with Crippen LogP contribution in [0.5, 0.6) is 0 Å². The van der Waals surface area contributed by atoms with E-state index in [1.807, 2.05) is 25.1 Å². The van der Waals surface area contributed by atoms with Crippen LogP contribution >= 0.6 is 27.7 Å². The number of halogens is 1. The number of tetrazole rings is 1. The predicted molar refractivity (Wildman–Crippen MR) is 112 cm³/mol. The maximum Gasteiger partial charge on any atom is 0.262 e. The van der Waals surface area contributed by atoms with Crippen molar-refractivity contribution in [3.05, 3.63) is 38.9 Å². The minimum absolute atomic E-state index is 0.0431. The Morgan fingerprint density at radius 2 is 2.11 bits per heavy atom. The largest absolute Gasteiger partial charge is 0.382 e. The van der Waals surface area contributed by atoms with Gasteiger partial charge in [0.15, 0.2) is 11.0 Å². The first-order chi connectivity index (χ1) is 13.6. The first-order valence-electron chi connectivity index (χ1n) is 9.29. The second kappa shape index (κ2) is 10.1. The van der Waals surface area contributed by atoms with Crippen LogP contribution in [-0.2, 0) is 23.6 Å². The van der Waals surface area contributed by atoms with Crippen LogP contribution in [0.1, 0.15) is 32.5 Å². The Morgan fingerprint density at radius 3 is 2.89 bits per heavy atom. The topological polar surface area (TPSA) is 87.7 Å². The molecule has 2 aromatic heterocycles. The van der Waals surface area contributed by atoms with E-state index in [9.17, 15) is 4.79 Å². The third kappa shape index (κ3) is 4.98. The number of aryl methyl sites for hydroxylation is 1. The number of hydrogen-bond donors (Lipinski definition) is 0. The van der Waals surface area contributed by atoms with Crippen LogP contribution < -0.4 is 5.56 Å². The zero-order chi connectivity index (χ0) is 19.9. The van der Waals surface area contributed by atoms with Gasteiger partial charge in [-0.3, -0.25) is 9.36 Å². The van der Waals surface area contributed by atoms with E-state index in [-0.39, 0.29) is 5.56 Å². The van der Waals surface area contributed by atoms with E-state index < -0.39 is 0 Å². The summed E-state index contributed by atoms with van der Waals surface area (Å²) < 4.78 is 9.81. The summed E-state index contributed by atoms with van der Waals surface area (Å²) in [6.45, 7) is 6.64. The van der Waals surface area contributed by atoms with Crippen molar-refractivity contribution < 1.29 is 4.74 Å². The maximum atomic E-state index is 13.1. The molecule has 3 aromatic rings. The maximum absolute atomic E-state index is 13.1. The van der Waals surface area contributed by atoms with E-state index in [1.54, 1.807) is 9.25 Å². The number of benzene rings is 1. The van der Waals surface area contributed by atoms with Crippen LogP contribution in [0.2, 0.25) is 0 Å². The third-order valence-corrected chi connectivity index (χ3v) is 5.59. The fourth-order valence-electron chi connectivity index (χ4n) is 2.79. The van der Waals surface area contributed by atoms with Crippen molar-refractivity contribution in [2.45, 2.75) is 50.7 Å². The van der Waals surface area contributed by atoms with Crippen molar-refractivity contribution in [1.82, 2.24) is 29.8 Å². The molecule has 0 radical (unpaired) electrons. The van der Waals surface area contributed by atoms with Crippen LogP contribution in [0, 0.1) is 0 Å². The molecule has 8 nitrogen and oxygen atoms in total. The number of thioether (sulfide) groups is 1.